The quantitative estimate of drug-likeness (QED) is 0.884. The Hall–Kier alpha value is -1.88. The molecule has 1 aliphatic heterocycles. The molecular weight excluding hydrogens is 226 g/mol. The van der Waals surface area contributed by atoms with Gasteiger partial charge in [-0.15, -0.1) is 0 Å². The molecule has 5 heteroatoms. The highest BCUT2D eigenvalue weighted by molar-refractivity contribution is 5.49. The predicted molar refractivity (Wildman–Crippen MR) is 70.9 cm³/mol. The van der Waals surface area contributed by atoms with E-state index in [4.69, 9.17) is 0 Å². The first-order chi connectivity index (χ1) is 8.81. The minimum absolute atomic E-state index is 0.559. The van der Waals surface area contributed by atoms with Crippen molar-refractivity contribution < 1.29 is 0 Å². The summed E-state index contributed by atoms with van der Waals surface area (Å²) in [6.07, 6.45) is 4.57. The van der Waals surface area contributed by atoms with Crippen LogP contribution in [0.5, 0.6) is 0 Å². The normalized spacial score (nSPS) is 20.2. The average molecular weight is 243 g/mol. The third-order valence-electron chi connectivity index (χ3n) is 3.28. The number of hydrogen-bond donors (Lipinski definition) is 1. The van der Waals surface area contributed by atoms with E-state index in [9.17, 15) is 0 Å². The molecule has 0 bridgehead atoms. The highest BCUT2D eigenvalue weighted by Gasteiger charge is 2.18. The van der Waals surface area contributed by atoms with Crippen molar-refractivity contribution in [2.45, 2.75) is 12.5 Å². The van der Waals surface area contributed by atoms with Gasteiger partial charge in [-0.2, -0.15) is 15.0 Å². The fourth-order valence-electron chi connectivity index (χ4n) is 2.33. The van der Waals surface area contributed by atoms with Crippen LogP contribution in [0.2, 0.25) is 0 Å². The minimum atomic E-state index is 0.559. The van der Waals surface area contributed by atoms with Crippen molar-refractivity contribution in [3.63, 3.8) is 0 Å². The minimum Gasteiger partial charge on any atom is -0.381 e. The van der Waals surface area contributed by atoms with E-state index >= 15 is 0 Å². The fourth-order valence-corrected chi connectivity index (χ4v) is 2.33. The molecule has 94 valence electrons. The van der Waals surface area contributed by atoms with Gasteiger partial charge in [0.15, 0.2) is 0 Å². The van der Waals surface area contributed by atoms with Crippen LogP contribution in [0.25, 0.3) is 5.69 Å². The van der Waals surface area contributed by atoms with Crippen LogP contribution in [-0.4, -0.2) is 46.1 Å². The van der Waals surface area contributed by atoms with E-state index in [0.717, 1.165) is 17.9 Å². The van der Waals surface area contributed by atoms with E-state index in [1.807, 2.05) is 12.1 Å². The van der Waals surface area contributed by atoms with Gasteiger partial charge in [-0.05, 0) is 44.3 Å². The van der Waals surface area contributed by atoms with Crippen LogP contribution in [0.4, 0.5) is 5.69 Å². The second-order valence-corrected chi connectivity index (χ2v) is 4.76. The van der Waals surface area contributed by atoms with Crippen LogP contribution in [-0.2, 0) is 0 Å². The van der Waals surface area contributed by atoms with Gasteiger partial charge in [-0.3, -0.25) is 0 Å². The molecule has 0 amide bonds. The third-order valence-corrected chi connectivity index (χ3v) is 3.28. The van der Waals surface area contributed by atoms with Crippen molar-refractivity contribution in [3.05, 3.63) is 36.7 Å². The molecule has 1 saturated heterocycles. The number of likely N-dealkylation sites (N-methyl/N-ethyl adjacent to an activating group) is 1. The number of hydrogen-bond acceptors (Lipinski definition) is 4. The molecule has 2 aromatic rings. The second kappa shape index (κ2) is 4.78. The summed E-state index contributed by atoms with van der Waals surface area (Å²) >= 11 is 0. The number of anilines is 1. The summed E-state index contributed by atoms with van der Waals surface area (Å²) in [6, 6.07) is 8.78. The Morgan fingerprint density at radius 2 is 1.89 bits per heavy atom. The first-order valence-corrected chi connectivity index (χ1v) is 6.23. The molecule has 1 N–H and O–H groups in total. The number of nitrogens with one attached hydrogen (secondary N) is 1. The highest BCUT2D eigenvalue weighted by Crippen LogP contribution is 2.16. The molecule has 0 aliphatic carbocycles. The fraction of sp³-hybridized carbons (Fsp3) is 0.385. The molecule has 1 fully saturated rings. The zero-order valence-corrected chi connectivity index (χ0v) is 10.5. The van der Waals surface area contributed by atoms with Crippen LogP contribution in [0, 0.1) is 0 Å². The van der Waals surface area contributed by atoms with Crippen molar-refractivity contribution in [1.29, 1.82) is 0 Å². The van der Waals surface area contributed by atoms with Crippen LogP contribution in [0.3, 0.4) is 0 Å². The molecule has 18 heavy (non-hydrogen) atoms. The lowest BCUT2D eigenvalue weighted by molar-refractivity contribution is 0.414. The monoisotopic (exact) mass is 243 g/mol. The second-order valence-electron chi connectivity index (χ2n) is 4.76. The summed E-state index contributed by atoms with van der Waals surface area (Å²) in [6.45, 7) is 2.29. The summed E-state index contributed by atoms with van der Waals surface area (Å²) < 4.78 is 0. The molecule has 0 saturated carbocycles. The van der Waals surface area contributed by atoms with Gasteiger partial charge in [-0.1, -0.05) is 0 Å². The first-order valence-electron chi connectivity index (χ1n) is 6.23. The topological polar surface area (TPSA) is 46.0 Å². The number of benzene rings is 1. The molecule has 3 rings (SSSR count). The van der Waals surface area contributed by atoms with Crippen molar-refractivity contribution >= 4 is 5.69 Å². The van der Waals surface area contributed by atoms with Crippen molar-refractivity contribution in [2.75, 3.05) is 25.5 Å². The Morgan fingerprint density at radius 1 is 1.17 bits per heavy atom. The number of aromatic nitrogens is 3. The maximum absolute atomic E-state index is 4.11. The molecule has 1 atom stereocenters. The zero-order valence-electron chi connectivity index (χ0n) is 10.5. The first kappa shape index (κ1) is 11.2. The molecule has 0 radical (unpaired) electrons. The Kier molecular flexibility index (Phi) is 2.98. The van der Waals surface area contributed by atoms with E-state index in [1.54, 1.807) is 17.2 Å². The summed E-state index contributed by atoms with van der Waals surface area (Å²) in [5.74, 6) is 0. The Bertz CT molecular complexity index is 491. The summed E-state index contributed by atoms with van der Waals surface area (Å²) in [7, 11) is 2.16. The van der Waals surface area contributed by atoms with Gasteiger partial charge in [0, 0.05) is 18.3 Å². The van der Waals surface area contributed by atoms with Gasteiger partial charge in [0.25, 0.3) is 0 Å². The molecule has 1 aromatic carbocycles. The third kappa shape index (κ3) is 2.36. The standard InChI is InChI=1S/C13H17N5/c1-17-9-6-12(10-17)16-11-2-4-13(5-3-11)18-14-7-8-15-18/h2-5,7-8,12,16H,6,9-10H2,1H3. The zero-order chi connectivity index (χ0) is 12.4. The molecule has 1 unspecified atom stereocenters. The van der Waals surface area contributed by atoms with Crippen LogP contribution >= 0.6 is 0 Å². The van der Waals surface area contributed by atoms with Gasteiger partial charge in [0.2, 0.25) is 0 Å². The van der Waals surface area contributed by atoms with Crippen LogP contribution < -0.4 is 5.32 Å². The van der Waals surface area contributed by atoms with Gasteiger partial charge in [0.05, 0.1) is 18.1 Å². The summed E-state index contributed by atoms with van der Waals surface area (Å²) in [5.41, 5.74) is 2.14. The largest absolute Gasteiger partial charge is 0.381 e. The molecule has 2 heterocycles. The van der Waals surface area contributed by atoms with Crippen molar-refractivity contribution in [2.24, 2.45) is 0 Å². The Labute approximate surface area is 106 Å². The lowest BCUT2D eigenvalue weighted by atomic mass is 10.2. The molecule has 0 spiro atoms. The average Bonchev–Trinajstić information content (AvgIpc) is 3.02. The maximum Gasteiger partial charge on any atom is 0.0858 e. The van der Waals surface area contributed by atoms with E-state index in [2.05, 4.69) is 39.6 Å². The number of nitrogens with zero attached hydrogens (tertiary/aromatic N) is 4. The van der Waals surface area contributed by atoms with Crippen molar-refractivity contribution in [1.82, 2.24) is 19.9 Å². The smallest absolute Gasteiger partial charge is 0.0858 e. The Balaban J connectivity index is 1.68. The van der Waals surface area contributed by atoms with Gasteiger partial charge >= 0.3 is 0 Å². The molecule has 1 aliphatic rings. The predicted octanol–water partition coefficient (Wildman–Crippen LogP) is 1.38. The van der Waals surface area contributed by atoms with E-state index in [-0.39, 0.29) is 0 Å². The van der Waals surface area contributed by atoms with Gasteiger partial charge < -0.3 is 10.2 Å². The summed E-state index contributed by atoms with van der Waals surface area (Å²) in [5, 5.41) is 11.8. The van der Waals surface area contributed by atoms with Crippen LogP contribution in [0.1, 0.15) is 6.42 Å². The van der Waals surface area contributed by atoms with Gasteiger partial charge in [-0.25, -0.2) is 0 Å². The lowest BCUT2D eigenvalue weighted by Crippen LogP contribution is -2.23. The maximum atomic E-state index is 4.11. The Morgan fingerprint density at radius 3 is 2.50 bits per heavy atom. The number of likely N-dealkylation sites (tertiary alicyclic amines) is 1. The van der Waals surface area contributed by atoms with Crippen molar-refractivity contribution in [3.8, 4) is 5.69 Å². The van der Waals surface area contributed by atoms with E-state index in [1.165, 1.54) is 13.0 Å². The lowest BCUT2D eigenvalue weighted by Gasteiger charge is -2.14. The number of rotatable bonds is 3. The molecular formula is C13H17N5. The van der Waals surface area contributed by atoms with Gasteiger partial charge in [0.1, 0.15) is 0 Å². The van der Waals surface area contributed by atoms with E-state index < -0.39 is 0 Å². The SMILES string of the molecule is CN1CCC(Nc2ccc(-n3nccn3)cc2)C1. The van der Waals surface area contributed by atoms with Crippen LogP contribution in [0.15, 0.2) is 36.7 Å². The highest BCUT2D eigenvalue weighted by atomic mass is 15.5. The van der Waals surface area contributed by atoms with E-state index in [0.29, 0.717) is 6.04 Å². The summed E-state index contributed by atoms with van der Waals surface area (Å²) in [4.78, 5) is 3.97. The molecule has 1 aromatic heterocycles. The molecule has 5 nitrogen and oxygen atoms in total.